The second kappa shape index (κ2) is 5.41. The predicted molar refractivity (Wildman–Crippen MR) is 62.2 cm³/mol. The van der Waals surface area contributed by atoms with Crippen LogP contribution >= 0.6 is 0 Å². The molecule has 88 valence electrons. The van der Waals surface area contributed by atoms with Crippen LogP contribution in [0, 0.1) is 0 Å². The molecule has 2 fully saturated rings. The van der Waals surface area contributed by atoms with Gasteiger partial charge in [-0.15, -0.1) is 0 Å². The molecule has 1 heterocycles. The summed E-state index contributed by atoms with van der Waals surface area (Å²) in [5, 5.41) is 0.471. The molecule has 1 saturated heterocycles. The Morgan fingerprint density at radius 3 is 2.53 bits per heavy atom. The van der Waals surface area contributed by atoms with E-state index in [0.717, 1.165) is 25.9 Å². The van der Waals surface area contributed by atoms with Crippen LogP contribution in [0.25, 0.3) is 0 Å². The molecule has 0 aromatic rings. The van der Waals surface area contributed by atoms with Gasteiger partial charge in [0.1, 0.15) is 0 Å². The van der Waals surface area contributed by atoms with Gasteiger partial charge in [-0.25, -0.2) is 0 Å². The first kappa shape index (κ1) is 11.6. The van der Waals surface area contributed by atoms with Crippen molar-refractivity contribution in [2.75, 3.05) is 13.2 Å². The predicted octanol–water partition coefficient (Wildman–Crippen LogP) is 1.18. The lowest BCUT2D eigenvalue weighted by Crippen LogP contribution is -2.48. The minimum absolute atomic E-state index is 0.0847. The van der Waals surface area contributed by atoms with Gasteiger partial charge in [-0.2, -0.15) is 0 Å². The van der Waals surface area contributed by atoms with E-state index >= 15 is 0 Å². The van der Waals surface area contributed by atoms with Gasteiger partial charge in [0.2, 0.25) is 0 Å². The van der Waals surface area contributed by atoms with Crippen molar-refractivity contribution >= 4 is 10.8 Å². The molecule has 1 saturated carbocycles. The molecule has 0 aromatic carbocycles. The second-order valence-corrected chi connectivity index (χ2v) is 6.58. The van der Waals surface area contributed by atoms with Crippen LogP contribution in [0.1, 0.15) is 38.5 Å². The van der Waals surface area contributed by atoms with Crippen molar-refractivity contribution in [2.24, 2.45) is 5.73 Å². The maximum Gasteiger partial charge on any atom is 0.0736 e. The van der Waals surface area contributed by atoms with E-state index in [4.69, 9.17) is 10.5 Å². The molecule has 0 bridgehead atoms. The summed E-state index contributed by atoms with van der Waals surface area (Å²) in [6, 6.07) is 0.0847. The molecule has 15 heavy (non-hydrogen) atoms. The molecule has 3 atom stereocenters. The van der Waals surface area contributed by atoms with Crippen molar-refractivity contribution in [3.63, 3.8) is 0 Å². The lowest BCUT2D eigenvalue weighted by molar-refractivity contribution is 0.0901. The van der Waals surface area contributed by atoms with Crippen LogP contribution in [0.3, 0.4) is 0 Å². The van der Waals surface area contributed by atoms with Crippen molar-refractivity contribution in [1.82, 2.24) is 0 Å². The van der Waals surface area contributed by atoms with Crippen LogP contribution < -0.4 is 5.73 Å². The van der Waals surface area contributed by atoms with Gasteiger partial charge in [0, 0.05) is 28.7 Å². The van der Waals surface area contributed by atoms with Crippen LogP contribution in [-0.2, 0) is 15.5 Å². The lowest BCUT2D eigenvalue weighted by Gasteiger charge is -2.32. The molecule has 4 heteroatoms. The van der Waals surface area contributed by atoms with Crippen LogP contribution in [0.15, 0.2) is 0 Å². The molecular formula is C11H21NO2S. The maximum absolute atomic E-state index is 12.3. The SMILES string of the molecule is NC1CCOCC1S(=O)C1CCCCC1. The molecular weight excluding hydrogens is 210 g/mol. The Morgan fingerprint density at radius 2 is 1.87 bits per heavy atom. The highest BCUT2D eigenvalue weighted by Gasteiger charge is 2.32. The van der Waals surface area contributed by atoms with E-state index in [1.54, 1.807) is 0 Å². The van der Waals surface area contributed by atoms with Gasteiger partial charge in [-0.05, 0) is 19.3 Å². The van der Waals surface area contributed by atoms with Crippen LogP contribution in [0.4, 0.5) is 0 Å². The van der Waals surface area contributed by atoms with Crippen molar-refractivity contribution in [3.05, 3.63) is 0 Å². The van der Waals surface area contributed by atoms with E-state index in [-0.39, 0.29) is 11.3 Å². The van der Waals surface area contributed by atoms with E-state index in [1.807, 2.05) is 0 Å². The smallest absolute Gasteiger partial charge is 0.0736 e. The van der Waals surface area contributed by atoms with Gasteiger partial charge in [-0.1, -0.05) is 19.3 Å². The van der Waals surface area contributed by atoms with Crippen molar-refractivity contribution < 1.29 is 8.95 Å². The first-order valence-corrected chi connectivity index (χ1v) is 7.29. The van der Waals surface area contributed by atoms with E-state index in [1.165, 1.54) is 19.3 Å². The Labute approximate surface area is 94.2 Å². The fraction of sp³-hybridized carbons (Fsp3) is 1.00. The summed E-state index contributed by atoms with van der Waals surface area (Å²) in [5.41, 5.74) is 6.01. The van der Waals surface area contributed by atoms with Gasteiger partial charge in [0.25, 0.3) is 0 Å². The molecule has 2 N–H and O–H groups in total. The minimum Gasteiger partial charge on any atom is -0.380 e. The number of ether oxygens (including phenoxy) is 1. The van der Waals surface area contributed by atoms with Gasteiger partial charge in [0.05, 0.1) is 11.9 Å². The normalized spacial score (nSPS) is 36.3. The number of nitrogens with two attached hydrogens (primary N) is 1. The molecule has 2 rings (SSSR count). The van der Waals surface area contributed by atoms with Gasteiger partial charge in [0.15, 0.2) is 0 Å². The monoisotopic (exact) mass is 231 g/mol. The molecule has 3 unspecified atom stereocenters. The zero-order valence-electron chi connectivity index (χ0n) is 9.19. The molecule has 0 aromatic heterocycles. The van der Waals surface area contributed by atoms with Gasteiger partial charge < -0.3 is 10.5 Å². The summed E-state index contributed by atoms with van der Waals surface area (Å²) in [7, 11) is -0.773. The zero-order chi connectivity index (χ0) is 10.7. The molecule has 2 aliphatic rings. The quantitative estimate of drug-likeness (QED) is 0.776. The summed E-state index contributed by atoms with van der Waals surface area (Å²) in [4.78, 5) is 0. The number of hydrogen-bond acceptors (Lipinski definition) is 3. The molecule has 3 nitrogen and oxygen atoms in total. The second-order valence-electron chi connectivity index (χ2n) is 4.65. The molecule has 0 amide bonds. The number of hydrogen-bond donors (Lipinski definition) is 1. The molecule has 1 aliphatic heterocycles. The third-order valence-electron chi connectivity index (χ3n) is 3.53. The van der Waals surface area contributed by atoms with E-state index in [0.29, 0.717) is 11.9 Å². The topological polar surface area (TPSA) is 52.3 Å². The van der Waals surface area contributed by atoms with Crippen molar-refractivity contribution in [1.29, 1.82) is 0 Å². The fourth-order valence-electron chi connectivity index (χ4n) is 2.51. The third kappa shape index (κ3) is 2.80. The van der Waals surface area contributed by atoms with E-state index in [2.05, 4.69) is 0 Å². The average molecular weight is 231 g/mol. The Balaban J connectivity index is 1.92. The first-order valence-electron chi connectivity index (χ1n) is 6.02. The van der Waals surface area contributed by atoms with Crippen molar-refractivity contribution in [3.8, 4) is 0 Å². The summed E-state index contributed by atoms with van der Waals surface area (Å²) < 4.78 is 17.7. The Hall–Kier alpha value is 0.0700. The summed E-state index contributed by atoms with van der Waals surface area (Å²) in [5.74, 6) is 0. The fourth-order valence-corrected chi connectivity index (χ4v) is 4.52. The number of rotatable bonds is 2. The van der Waals surface area contributed by atoms with Gasteiger partial charge >= 0.3 is 0 Å². The zero-order valence-corrected chi connectivity index (χ0v) is 10.0. The molecule has 1 aliphatic carbocycles. The highest BCUT2D eigenvalue weighted by Crippen LogP contribution is 2.26. The average Bonchev–Trinajstić information content (AvgIpc) is 2.30. The molecule has 0 radical (unpaired) electrons. The van der Waals surface area contributed by atoms with Gasteiger partial charge in [-0.3, -0.25) is 4.21 Å². The van der Waals surface area contributed by atoms with E-state index < -0.39 is 10.8 Å². The van der Waals surface area contributed by atoms with Crippen LogP contribution in [0.2, 0.25) is 0 Å². The highest BCUT2D eigenvalue weighted by atomic mass is 32.2. The van der Waals surface area contributed by atoms with Crippen molar-refractivity contribution in [2.45, 2.75) is 55.1 Å². The highest BCUT2D eigenvalue weighted by molar-refractivity contribution is 7.86. The molecule has 0 spiro atoms. The minimum atomic E-state index is -0.773. The Morgan fingerprint density at radius 1 is 1.13 bits per heavy atom. The van der Waals surface area contributed by atoms with Crippen LogP contribution in [0.5, 0.6) is 0 Å². The standard InChI is InChI=1S/C11H21NO2S/c12-10-6-7-14-8-11(10)15(13)9-4-2-1-3-5-9/h9-11H,1-8,12H2. The first-order chi connectivity index (χ1) is 7.29. The summed E-state index contributed by atoms with van der Waals surface area (Å²) >= 11 is 0. The summed E-state index contributed by atoms with van der Waals surface area (Å²) in [6.07, 6.45) is 6.88. The Bertz CT molecular complexity index is 229. The van der Waals surface area contributed by atoms with E-state index in [9.17, 15) is 4.21 Å². The largest absolute Gasteiger partial charge is 0.380 e. The maximum atomic E-state index is 12.3. The summed E-state index contributed by atoms with van der Waals surface area (Å²) in [6.45, 7) is 1.34. The van der Waals surface area contributed by atoms with Crippen LogP contribution in [-0.4, -0.2) is 34.0 Å². The Kier molecular flexibility index (Phi) is 4.17. The lowest BCUT2D eigenvalue weighted by atomic mass is 10.0. The third-order valence-corrected chi connectivity index (χ3v) is 5.75.